The molecule has 0 bridgehead atoms. The number of nitrogen functional groups attached to an aromatic ring is 1. The summed E-state index contributed by atoms with van der Waals surface area (Å²) in [5.74, 6) is -0.424. The highest BCUT2D eigenvalue weighted by Crippen LogP contribution is 2.25. The summed E-state index contributed by atoms with van der Waals surface area (Å²) in [4.78, 5) is 12.0. The predicted octanol–water partition coefficient (Wildman–Crippen LogP) is 2.74. The average Bonchev–Trinajstić information content (AvgIpc) is 2.26. The summed E-state index contributed by atoms with van der Waals surface area (Å²) in [6, 6.07) is 3.60. The number of hydrogen-bond acceptors (Lipinski definition) is 3. The molecule has 0 radical (unpaired) electrons. The fourth-order valence-corrected chi connectivity index (χ4v) is 1.76. The summed E-state index contributed by atoms with van der Waals surface area (Å²) in [7, 11) is 0. The monoisotopic (exact) mass is 290 g/mol. The summed E-state index contributed by atoms with van der Waals surface area (Å²) >= 11 is 0. The lowest BCUT2D eigenvalue weighted by atomic mass is 10.1. The number of hydrogen-bond donors (Lipinski definition) is 2. The second-order valence-corrected chi connectivity index (χ2v) is 4.35. The normalized spacial score (nSPS) is 12.8. The molecule has 20 heavy (non-hydrogen) atoms. The maximum atomic E-state index is 12.2. The highest BCUT2D eigenvalue weighted by molar-refractivity contribution is 6.02. The molecule has 0 heterocycles. The summed E-state index contributed by atoms with van der Waals surface area (Å²) in [5.41, 5.74) is 5.91. The predicted molar refractivity (Wildman–Crippen MR) is 69.6 cm³/mol. The molecule has 0 saturated carbocycles. The van der Waals surface area contributed by atoms with Gasteiger partial charge in [0, 0.05) is 11.7 Å². The maximum Gasteiger partial charge on any atom is 0.391 e. The van der Waals surface area contributed by atoms with Crippen LogP contribution in [-0.2, 0) is 0 Å². The highest BCUT2D eigenvalue weighted by atomic mass is 19.4. The van der Waals surface area contributed by atoms with Crippen LogP contribution in [0.3, 0.4) is 0 Å². The van der Waals surface area contributed by atoms with Crippen molar-refractivity contribution < 1.29 is 22.7 Å². The minimum Gasteiger partial charge on any atom is -0.493 e. The van der Waals surface area contributed by atoms with Gasteiger partial charge in [0.2, 0.25) is 0 Å². The number of nitrogens with two attached hydrogens (primary N) is 1. The van der Waals surface area contributed by atoms with E-state index in [1.54, 1.807) is 19.1 Å². The van der Waals surface area contributed by atoms with Crippen LogP contribution in [0.5, 0.6) is 5.75 Å². The minimum atomic E-state index is -4.34. The molecule has 1 amide bonds. The topological polar surface area (TPSA) is 64.3 Å². The van der Waals surface area contributed by atoms with Crippen molar-refractivity contribution in [3.05, 3.63) is 23.8 Å². The smallest absolute Gasteiger partial charge is 0.391 e. The molecule has 0 saturated heterocycles. The second-order valence-electron chi connectivity index (χ2n) is 4.35. The highest BCUT2D eigenvalue weighted by Gasteiger charge is 2.31. The Hall–Kier alpha value is -1.92. The molecule has 0 aliphatic carbocycles. The zero-order valence-corrected chi connectivity index (χ0v) is 11.3. The van der Waals surface area contributed by atoms with Crippen molar-refractivity contribution in [2.45, 2.75) is 32.5 Å². The van der Waals surface area contributed by atoms with E-state index in [9.17, 15) is 18.0 Å². The Kier molecular flexibility index (Phi) is 5.24. The van der Waals surface area contributed by atoms with Gasteiger partial charge in [-0.1, -0.05) is 6.07 Å². The van der Waals surface area contributed by atoms with Gasteiger partial charge < -0.3 is 15.8 Å². The number of carbonyl (C=O) groups is 1. The summed E-state index contributed by atoms with van der Waals surface area (Å²) in [6.07, 6.45) is -5.44. The largest absolute Gasteiger partial charge is 0.493 e. The number of benzene rings is 1. The lowest BCUT2D eigenvalue weighted by Gasteiger charge is -2.18. The van der Waals surface area contributed by atoms with Crippen LogP contribution in [0.15, 0.2) is 18.2 Å². The van der Waals surface area contributed by atoms with Crippen molar-refractivity contribution in [2.24, 2.45) is 0 Å². The number of nitrogens with one attached hydrogen (secondary N) is 1. The summed E-state index contributed by atoms with van der Waals surface area (Å²) in [6.45, 7) is 3.34. The zero-order valence-electron chi connectivity index (χ0n) is 11.3. The van der Waals surface area contributed by atoms with Crippen LogP contribution < -0.4 is 15.8 Å². The van der Waals surface area contributed by atoms with Crippen molar-refractivity contribution in [3.63, 3.8) is 0 Å². The van der Waals surface area contributed by atoms with Gasteiger partial charge in [0.25, 0.3) is 5.91 Å². The number of ether oxygens (including phenoxy) is 1. The Labute approximate surface area is 115 Å². The van der Waals surface area contributed by atoms with Crippen LogP contribution in [0.25, 0.3) is 0 Å². The van der Waals surface area contributed by atoms with Gasteiger partial charge in [-0.05, 0) is 26.0 Å². The summed E-state index contributed by atoms with van der Waals surface area (Å²) in [5, 5.41) is 2.27. The first kappa shape index (κ1) is 16.1. The number of rotatable bonds is 5. The molecule has 112 valence electrons. The first-order chi connectivity index (χ1) is 9.24. The molecule has 0 aromatic heterocycles. The Morgan fingerprint density at radius 3 is 2.65 bits per heavy atom. The second kappa shape index (κ2) is 6.49. The van der Waals surface area contributed by atoms with E-state index in [0.717, 1.165) is 0 Å². The van der Waals surface area contributed by atoms with Gasteiger partial charge >= 0.3 is 6.18 Å². The van der Waals surface area contributed by atoms with Gasteiger partial charge in [0.15, 0.2) is 0 Å². The van der Waals surface area contributed by atoms with Crippen LogP contribution in [-0.4, -0.2) is 24.7 Å². The molecule has 0 aliphatic rings. The number of alkyl halides is 3. The zero-order chi connectivity index (χ0) is 15.3. The first-order valence-electron chi connectivity index (χ1n) is 6.13. The van der Waals surface area contributed by atoms with E-state index >= 15 is 0 Å². The first-order valence-corrected chi connectivity index (χ1v) is 6.13. The quantitative estimate of drug-likeness (QED) is 0.820. The van der Waals surface area contributed by atoms with Crippen LogP contribution in [0, 0.1) is 0 Å². The van der Waals surface area contributed by atoms with Crippen LogP contribution in [0.2, 0.25) is 0 Å². The average molecular weight is 290 g/mol. The molecule has 1 atom stereocenters. The molecule has 1 unspecified atom stereocenters. The Morgan fingerprint density at radius 2 is 2.10 bits per heavy atom. The molecule has 0 spiro atoms. The van der Waals surface area contributed by atoms with E-state index in [4.69, 9.17) is 10.5 Å². The van der Waals surface area contributed by atoms with Crippen molar-refractivity contribution in [1.29, 1.82) is 0 Å². The fourth-order valence-electron chi connectivity index (χ4n) is 1.76. The Morgan fingerprint density at radius 1 is 1.45 bits per heavy atom. The van der Waals surface area contributed by atoms with Gasteiger partial charge in [0.05, 0.1) is 13.0 Å². The van der Waals surface area contributed by atoms with E-state index < -0.39 is 24.5 Å². The van der Waals surface area contributed by atoms with E-state index in [2.05, 4.69) is 5.32 Å². The van der Waals surface area contributed by atoms with Gasteiger partial charge in [-0.15, -0.1) is 0 Å². The van der Waals surface area contributed by atoms with Crippen molar-refractivity contribution >= 4 is 11.6 Å². The molecule has 7 heteroatoms. The van der Waals surface area contributed by atoms with Gasteiger partial charge in [-0.3, -0.25) is 4.79 Å². The lowest BCUT2D eigenvalue weighted by Crippen LogP contribution is -2.36. The molecule has 0 fully saturated rings. The summed E-state index contributed by atoms with van der Waals surface area (Å²) < 4.78 is 42.0. The van der Waals surface area contributed by atoms with Gasteiger partial charge in [-0.2, -0.15) is 13.2 Å². The molecular formula is C13H17F3N2O2. The minimum absolute atomic E-state index is 0.0587. The third-order valence-corrected chi connectivity index (χ3v) is 2.50. The SMILES string of the molecule is CCOc1cccc(N)c1C(=O)NC(C)CC(F)(F)F. The molecule has 0 aliphatic heterocycles. The van der Waals surface area contributed by atoms with Gasteiger partial charge in [0.1, 0.15) is 11.3 Å². The van der Waals surface area contributed by atoms with E-state index in [0.29, 0.717) is 6.61 Å². The molecule has 3 N–H and O–H groups in total. The Bertz CT molecular complexity index is 475. The standard InChI is InChI=1S/C13H17F3N2O2/c1-3-20-10-6-4-5-9(17)11(10)12(19)18-8(2)7-13(14,15)16/h4-6,8H,3,7,17H2,1-2H3,(H,18,19). The van der Waals surface area contributed by atoms with E-state index in [-0.39, 0.29) is 17.0 Å². The van der Waals surface area contributed by atoms with Gasteiger partial charge in [-0.25, -0.2) is 0 Å². The number of carbonyl (C=O) groups excluding carboxylic acids is 1. The van der Waals surface area contributed by atoms with E-state index in [1.165, 1.54) is 13.0 Å². The van der Waals surface area contributed by atoms with Crippen molar-refractivity contribution in [2.75, 3.05) is 12.3 Å². The van der Waals surface area contributed by atoms with Crippen LogP contribution >= 0.6 is 0 Å². The number of amides is 1. The molecule has 1 aromatic carbocycles. The van der Waals surface area contributed by atoms with Crippen LogP contribution in [0.4, 0.5) is 18.9 Å². The molecule has 4 nitrogen and oxygen atoms in total. The number of anilines is 1. The van der Waals surface area contributed by atoms with E-state index in [1.807, 2.05) is 0 Å². The lowest BCUT2D eigenvalue weighted by molar-refractivity contribution is -0.138. The Balaban J connectivity index is 2.87. The van der Waals surface area contributed by atoms with Crippen molar-refractivity contribution in [1.82, 2.24) is 5.32 Å². The maximum absolute atomic E-state index is 12.2. The number of halogens is 3. The molecule has 1 aromatic rings. The molecule has 1 rings (SSSR count). The third kappa shape index (κ3) is 4.64. The van der Waals surface area contributed by atoms with Crippen molar-refractivity contribution in [3.8, 4) is 5.75 Å². The molecular weight excluding hydrogens is 273 g/mol. The fraction of sp³-hybridized carbons (Fsp3) is 0.462. The third-order valence-electron chi connectivity index (χ3n) is 2.50. The van der Waals surface area contributed by atoms with Crippen LogP contribution in [0.1, 0.15) is 30.6 Å².